The summed E-state index contributed by atoms with van der Waals surface area (Å²) in [6.45, 7) is 0. The molecule has 1 amide bonds. The van der Waals surface area contributed by atoms with Gasteiger partial charge in [-0.1, -0.05) is 0 Å². The first-order chi connectivity index (χ1) is 9.24. The highest BCUT2D eigenvalue weighted by molar-refractivity contribution is 6.05. The van der Waals surface area contributed by atoms with Crippen molar-refractivity contribution in [2.75, 3.05) is 5.32 Å². The molecule has 19 heavy (non-hydrogen) atoms. The number of H-pyrrole nitrogens is 1. The summed E-state index contributed by atoms with van der Waals surface area (Å²) in [6.07, 6.45) is 3.14. The van der Waals surface area contributed by atoms with Crippen molar-refractivity contribution in [3.05, 3.63) is 48.4 Å². The third-order valence-electron chi connectivity index (χ3n) is 2.65. The molecule has 6 heteroatoms. The van der Waals surface area contributed by atoms with Crippen LogP contribution in [0.2, 0.25) is 0 Å². The van der Waals surface area contributed by atoms with Crippen LogP contribution in [0.3, 0.4) is 0 Å². The smallest absolute Gasteiger partial charge is 0.273 e. The third-order valence-corrected chi connectivity index (χ3v) is 2.65. The highest BCUT2D eigenvalue weighted by atomic mass is 16.3. The van der Waals surface area contributed by atoms with Crippen molar-refractivity contribution in [2.24, 2.45) is 0 Å². The van der Waals surface area contributed by atoms with Crippen LogP contribution in [-0.2, 0) is 0 Å². The maximum absolute atomic E-state index is 12.0. The zero-order chi connectivity index (χ0) is 13.2. The summed E-state index contributed by atoms with van der Waals surface area (Å²) >= 11 is 0. The van der Waals surface area contributed by atoms with E-state index in [0.29, 0.717) is 11.2 Å². The number of aromatic nitrogens is 3. The van der Waals surface area contributed by atoms with Gasteiger partial charge in [0.1, 0.15) is 5.69 Å². The average molecular weight is 254 g/mol. The lowest BCUT2D eigenvalue weighted by Crippen LogP contribution is -2.13. The van der Waals surface area contributed by atoms with Gasteiger partial charge in [-0.05, 0) is 30.3 Å². The van der Waals surface area contributed by atoms with E-state index in [1.807, 2.05) is 6.07 Å². The number of hydrogen-bond acceptors (Lipinski definition) is 4. The van der Waals surface area contributed by atoms with Crippen LogP contribution in [0.1, 0.15) is 10.5 Å². The zero-order valence-electron chi connectivity index (χ0n) is 9.79. The Morgan fingerprint density at radius 2 is 2.00 bits per heavy atom. The first kappa shape index (κ1) is 11.2. The maximum atomic E-state index is 12.0. The summed E-state index contributed by atoms with van der Waals surface area (Å²) in [7, 11) is 0. The second kappa shape index (κ2) is 4.41. The second-order valence-electron chi connectivity index (χ2n) is 3.94. The van der Waals surface area contributed by atoms with Crippen molar-refractivity contribution in [1.29, 1.82) is 0 Å². The molecule has 0 aliphatic heterocycles. The van der Waals surface area contributed by atoms with E-state index in [-0.39, 0.29) is 17.5 Å². The average Bonchev–Trinajstić information content (AvgIpc) is 2.85. The second-order valence-corrected chi connectivity index (χ2v) is 3.94. The number of anilines is 1. The first-order valence-electron chi connectivity index (χ1n) is 5.63. The fourth-order valence-electron chi connectivity index (χ4n) is 1.75. The Morgan fingerprint density at radius 3 is 2.79 bits per heavy atom. The number of amides is 1. The van der Waals surface area contributed by atoms with Gasteiger partial charge < -0.3 is 15.4 Å². The van der Waals surface area contributed by atoms with E-state index >= 15 is 0 Å². The molecular weight excluding hydrogens is 244 g/mol. The monoisotopic (exact) mass is 254 g/mol. The van der Waals surface area contributed by atoms with Gasteiger partial charge in [0.25, 0.3) is 5.91 Å². The van der Waals surface area contributed by atoms with Crippen LogP contribution in [0.15, 0.2) is 42.7 Å². The predicted octanol–water partition coefficient (Wildman–Crippen LogP) is 1.92. The van der Waals surface area contributed by atoms with Crippen LogP contribution in [0.5, 0.6) is 5.75 Å². The van der Waals surface area contributed by atoms with Crippen LogP contribution < -0.4 is 5.32 Å². The predicted molar refractivity (Wildman–Crippen MR) is 69.9 cm³/mol. The van der Waals surface area contributed by atoms with Crippen LogP contribution in [0, 0.1) is 0 Å². The SMILES string of the molecule is O=C(Nc1ncccc1O)c1cc2ncccc2[nH]1. The number of carbonyl (C=O) groups excluding carboxylic acids is 1. The highest BCUT2D eigenvalue weighted by Crippen LogP contribution is 2.19. The number of nitrogens with zero attached hydrogens (tertiary/aromatic N) is 2. The minimum Gasteiger partial charge on any atom is -0.504 e. The van der Waals surface area contributed by atoms with E-state index < -0.39 is 0 Å². The topological polar surface area (TPSA) is 90.9 Å². The molecule has 0 saturated carbocycles. The molecule has 0 aliphatic carbocycles. The number of nitrogens with one attached hydrogen (secondary N) is 2. The van der Waals surface area contributed by atoms with Gasteiger partial charge in [0.15, 0.2) is 11.6 Å². The Kier molecular flexibility index (Phi) is 2.60. The van der Waals surface area contributed by atoms with Crippen molar-refractivity contribution < 1.29 is 9.90 Å². The molecule has 0 spiro atoms. The molecule has 0 unspecified atom stereocenters. The quantitative estimate of drug-likeness (QED) is 0.651. The lowest BCUT2D eigenvalue weighted by atomic mass is 10.3. The summed E-state index contributed by atoms with van der Waals surface area (Å²) in [4.78, 5) is 23.0. The fourth-order valence-corrected chi connectivity index (χ4v) is 1.75. The standard InChI is InChI=1S/C13H10N4O2/c18-11-4-2-6-15-12(11)17-13(19)10-7-9-8(16-10)3-1-5-14-9/h1-7,16,18H,(H,15,17,19). The van der Waals surface area contributed by atoms with Crippen LogP contribution in [-0.4, -0.2) is 26.0 Å². The molecule has 0 atom stereocenters. The molecule has 3 aromatic heterocycles. The van der Waals surface area contributed by atoms with E-state index in [4.69, 9.17) is 0 Å². The number of aromatic hydroxyl groups is 1. The molecule has 0 saturated heterocycles. The molecule has 0 aliphatic rings. The molecule has 3 aromatic rings. The summed E-state index contributed by atoms with van der Waals surface area (Å²) in [5.74, 6) is -0.337. The van der Waals surface area contributed by atoms with E-state index in [1.54, 1.807) is 24.4 Å². The number of rotatable bonds is 2. The molecule has 0 aromatic carbocycles. The Bertz CT molecular complexity index is 718. The molecule has 3 rings (SSSR count). The van der Waals surface area contributed by atoms with Gasteiger partial charge in [0, 0.05) is 12.4 Å². The van der Waals surface area contributed by atoms with Crippen molar-refractivity contribution in [1.82, 2.24) is 15.0 Å². The lowest BCUT2D eigenvalue weighted by molar-refractivity contribution is 0.102. The summed E-state index contributed by atoms with van der Waals surface area (Å²) in [5.41, 5.74) is 1.84. The van der Waals surface area contributed by atoms with Crippen molar-refractivity contribution in [2.45, 2.75) is 0 Å². The highest BCUT2D eigenvalue weighted by Gasteiger charge is 2.12. The van der Waals surface area contributed by atoms with Crippen molar-refractivity contribution >= 4 is 22.8 Å². The van der Waals surface area contributed by atoms with Crippen LogP contribution in [0.4, 0.5) is 5.82 Å². The van der Waals surface area contributed by atoms with Gasteiger partial charge in [-0.25, -0.2) is 4.98 Å². The number of fused-ring (bicyclic) bond motifs is 1. The van der Waals surface area contributed by atoms with E-state index in [0.717, 1.165) is 5.52 Å². The Morgan fingerprint density at radius 1 is 1.21 bits per heavy atom. The minimum atomic E-state index is -0.382. The molecular formula is C13H10N4O2. The lowest BCUT2D eigenvalue weighted by Gasteiger charge is -2.03. The Balaban J connectivity index is 1.90. The molecule has 3 N–H and O–H groups in total. The molecule has 0 bridgehead atoms. The number of carbonyl (C=O) groups is 1. The van der Waals surface area contributed by atoms with Gasteiger partial charge in [0.2, 0.25) is 0 Å². The number of hydrogen-bond donors (Lipinski definition) is 3. The first-order valence-corrected chi connectivity index (χ1v) is 5.63. The summed E-state index contributed by atoms with van der Waals surface area (Å²) in [6, 6.07) is 8.29. The van der Waals surface area contributed by atoms with Crippen LogP contribution >= 0.6 is 0 Å². The largest absolute Gasteiger partial charge is 0.504 e. The van der Waals surface area contributed by atoms with Gasteiger partial charge in [-0.2, -0.15) is 0 Å². The Hall–Kier alpha value is -2.89. The van der Waals surface area contributed by atoms with Gasteiger partial charge in [-0.3, -0.25) is 9.78 Å². The molecule has 3 heterocycles. The Labute approximate surface area is 108 Å². The minimum absolute atomic E-state index is 0.0786. The van der Waals surface area contributed by atoms with Gasteiger partial charge in [0.05, 0.1) is 11.0 Å². The number of pyridine rings is 2. The van der Waals surface area contributed by atoms with Crippen LogP contribution in [0.25, 0.3) is 11.0 Å². The summed E-state index contributed by atoms with van der Waals surface area (Å²) < 4.78 is 0. The molecule has 0 fully saturated rings. The zero-order valence-corrected chi connectivity index (χ0v) is 9.79. The van der Waals surface area contributed by atoms with Crippen molar-refractivity contribution in [3.8, 4) is 5.75 Å². The third kappa shape index (κ3) is 2.11. The summed E-state index contributed by atoms with van der Waals surface area (Å²) in [5, 5.41) is 12.1. The molecule has 94 valence electrons. The normalized spacial score (nSPS) is 10.5. The van der Waals surface area contributed by atoms with E-state index in [1.165, 1.54) is 12.3 Å². The fraction of sp³-hybridized carbons (Fsp3) is 0. The maximum Gasteiger partial charge on any atom is 0.273 e. The van der Waals surface area contributed by atoms with E-state index in [9.17, 15) is 9.90 Å². The van der Waals surface area contributed by atoms with E-state index in [2.05, 4.69) is 20.3 Å². The van der Waals surface area contributed by atoms with Gasteiger partial charge in [-0.15, -0.1) is 0 Å². The molecule has 6 nitrogen and oxygen atoms in total. The van der Waals surface area contributed by atoms with Gasteiger partial charge >= 0.3 is 0 Å². The van der Waals surface area contributed by atoms with Crippen molar-refractivity contribution in [3.63, 3.8) is 0 Å². The molecule has 0 radical (unpaired) electrons. The number of aromatic amines is 1.